The van der Waals surface area contributed by atoms with Crippen LogP contribution in [0, 0.1) is 17.2 Å². The minimum absolute atomic E-state index is 0.715. The van der Waals surface area contributed by atoms with Crippen molar-refractivity contribution >= 4 is 21.6 Å². The molecule has 2 nitrogen and oxygen atoms in total. The van der Waals surface area contributed by atoms with E-state index in [0.717, 1.165) is 22.5 Å². The molecule has 3 heteroatoms. The highest BCUT2D eigenvalue weighted by molar-refractivity contribution is 9.10. The summed E-state index contributed by atoms with van der Waals surface area (Å²) in [6.07, 6.45) is 8.20. The van der Waals surface area contributed by atoms with Crippen molar-refractivity contribution in [2.75, 3.05) is 11.4 Å². The Labute approximate surface area is 123 Å². The van der Waals surface area contributed by atoms with Gasteiger partial charge >= 0.3 is 0 Å². The summed E-state index contributed by atoms with van der Waals surface area (Å²) in [7, 11) is 0. The van der Waals surface area contributed by atoms with Gasteiger partial charge in [0.15, 0.2) is 0 Å². The van der Waals surface area contributed by atoms with Crippen molar-refractivity contribution in [1.29, 1.82) is 5.26 Å². The monoisotopic (exact) mass is 318 g/mol. The molecule has 0 radical (unpaired) electrons. The predicted octanol–water partition coefficient (Wildman–Crippen LogP) is 4.48. The zero-order valence-electron chi connectivity index (χ0n) is 11.1. The Morgan fingerprint density at radius 2 is 1.95 bits per heavy atom. The average Bonchev–Trinajstić information content (AvgIpc) is 2.46. The first kappa shape index (κ1) is 13.0. The summed E-state index contributed by atoms with van der Waals surface area (Å²) in [6, 6.07) is 8.91. The summed E-state index contributed by atoms with van der Waals surface area (Å²) in [4.78, 5) is 2.58. The van der Waals surface area contributed by atoms with E-state index in [9.17, 15) is 0 Å². The second-order valence-corrected chi connectivity index (χ2v) is 6.58. The van der Waals surface area contributed by atoms with Crippen LogP contribution in [0.1, 0.15) is 44.1 Å². The second kappa shape index (κ2) is 5.54. The fourth-order valence-electron chi connectivity index (χ4n) is 3.73. The van der Waals surface area contributed by atoms with E-state index in [1.165, 1.54) is 44.2 Å². The Morgan fingerprint density at radius 3 is 2.74 bits per heavy atom. The van der Waals surface area contributed by atoms with E-state index in [1.54, 1.807) is 0 Å². The van der Waals surface area contributed by atoms with Crippen LogP contribution in [-0.2, 0) is 0 Å². The molecule has 2 atom stereocenters. The molecule has 0 N–H and O–H groups in total. The van der Waals surface area contributed by atoms with E-state index in [4.69, 9.17) is 5.26 Å². The van der Waals surface area contributed by atoms with E-state index < -0.39 is 0 Å². The van der Waals surface area contributed by atoms with Crippen LogP contribution in [0.4, 0.5) is 5.69 Å². The Kier molecular flexibility index (Phi) is 3.79. The summed E-state index contributed by atoms with van der Waals surface area (Å²) in [6.45, 7) is 1.16. The van der Waals surface area contributed by atoms with Crippen molar-refractivity contribution in [2.24, 2.45) is 5.92 Å². The van der Waals surface area contributed by atoms with Crippen molar-refractivity contribution in [3.05, 3.63) is 28.2 Å². The first-order valence-electron chi connectivity index (χ1n) is 7.26. The molecule has 0 bridgehead atoms. The number of benzene rings is 1. The highest BCUT2D eigenvalue weighted by atomic mass is 79.9. The van der Waals surface area contributed by atoms with Crippen LogP contribution in [0.2, 0.25) is 0 Å². The molecule has 0 aromatic heterocycles. The summed E-state index contributed by atoms with van der Waals surface area (Å²) >= 11 is 3.65. The van der Waals surface area contributed by atoms with Gasteiger partial charge in [0.1, 0.15) is 0 Å². The lowest BCUT2D eigenvalue weighted by molar-refractivity contribution is 0.243. The van der Waals surface area contributed by atoms with Crippen molar-refractivity contribution in [1.82, 2.24) is 0 Å². The van der Waals surface area contributed by atoms with Gasteiger partial charge in [0, 0.05) is 17.1 Å². The maximum atomic E-state index is 8.97. The van der Waals surface area contributed by atoms with E-state index >= 15 is 0 Å². The normalized spacial score (nSPS) is 26.6. The molecule has 19 heavy (non-hydrogen) atoms. The van der Waals surface area contributed by atoms with E-state index in [-0.39, 0.29) is 0 Å². The van der Waals surface area contributed by atoms with Gasteiger partial charge in [-0.3, -0.25) is 0 Å². The number of piperidine rings is 1. The second-order valence-electron chi connectivity index (χ2n) is 5.73. The largest absolute Gasteiger partial charge is 0.367 e. The smallest absolute Gasteiger partial charge is 0.0992 e. The van der Waals surface area contributed by atoms with Crippen molar-refractivity contribution in [3.63, 3.8) is 0 Å². The number of nitriles is 1. The predicted molar refractivity (Wildman–Crippen MR) is 81.2 cm³/mol. The molecule has 0 spiro atoms. The maximum Gasteiger partial charge on any atom is 0.0992 e. The number of nitrogens with zero attached hydrogens (tertiary/aromatic N) is 2. The molecule has 3 rings (SSSR count). The van der Waals surface area contributed by atoms with Gasteiger partial charge < -0.3 is 4.90 Å². The van der Waals surface area contributed by atoms with Crippen LogP contribution >= 0.6 is 15.9 Å². The third kappa shape index (κ3) is 2.51. The molecule has 0 unspecified atom stereocenters. The summed E-state index contributed by atoms with van der Waals surface area (Å²) in [5.74, 6) is 0.880. The SMILES string of the molecule is N#Cc1ccc(N2CCC[C@H]3CCCC[C@H]32)c(Br)c1. The van der Waals surface area contributed by atoms with Gasteiger partial charge in [0.05, 0.1) is 17.3 Å². The number of halogens is 1. The Balaban J connectivity index is 1.90. The van der Waals surface area contributed by atoms with Gasteiger partial charge in [-0.05, 0) is 65.7 Å². The van der Waals surface area contributed by atoms with Crippen LogP contribution in [0.25, 0.3) is 0 Å². The van der Waals surface area contributed by atoms with Gasteiger partial charge in [-0.15, -0.1) is 0 Å². The lowest BCUT2D eigenvalue weighted by Crippen LogP contribution is -2.47. The fourth-order valence-corrected chi connectivity index (χ4v) is 4.34. The number of fused-ring (bicyclic) bond motifs is 1. The zero-order valence-corrected chi connectivity index (χ0v) is 12.7. The molecule has 1 aliphatic heterocycles. The van der Waals surface area contributed by atoms with Crippen molar-refractivity contribution in [2.45, 2.75) is 44.6 Å². The van der Waals surface area contributed by atoms with Gasteiger partial charge in [0.25, 0.3) is 0 Å². The highest BCUT2D eigenvalue weighted by Crippen LogP contribution is 2.40. The molecule has 1 saturated heterocycles. The molecule has 2 aliphatic rings. The van der Waals surface area contributed by atoms with E-state index in [2.05, 4.69) is 33.0 Å². The summed E-state index contributed by atoms with van der Waals surface area (Å²) < 4.78 is 1.07. The quantitative estimate of drug-likeness (QED) is 0.763. The van der Waals surface area contributed by atoms with Gasteiger partial charge in [-0.2, -0.15) is 5.26 Å². The summed E-state index contributed by atoms with van der Waals surface area (Å²) in [5.41, 5.74) is 2.00. The minimum Gasteiger partial charge on any atom is -0.367 e. The molecule has 100 valence electrons. The molecule has 1 aliphatic carbocycles. The minimum atomic E-state index is 0.715. The van der Waals surface area contributed by atoms with E-state index in [1.807, 2.05) is 12.1 Å². The molecule has 1 aromatic rings. The third-order valence-electron chi connectivity index (χ3n) is 4.63. The van der Waals surface area contributed by atoms with Crippen LogP contribution in [0.5, 0.6) is 0 Å². The Morgan fingerprint density at radius 1 is 1.16 bits per heavy atom. The fraction of sp³-hybridized carbons (Fsp3) is 0.562. The Hall–Kier alpha value is -1.01. The van der Waals surface area contributed by atoms with Gasteiger partial charge in [0.2, 0.25) is 0 Å². The van der Waals surface area contributed by atoms with Crippen LogP contribution in [0.15, 0.2) is 22.7 Å². The number of hydrogen-bond acceptors (Lipinski definition) is 2. The molecular formula is C16H19BrN2. The average molecular weight is 319 g/mol. The number of anilines is 1. The van der Waals surface area contributed by atoms with Crippen molar-refractivity contribution in [3.8, 4) is 6.07 Å². The zero-order chi connectivity index (χ0) is 13.2. The lowest BCUT2D eigenvalue weighted by Gasteiger charge is -2.45. The van der Waals surface area contributed by atoms with Crippen LogP contribution < -0.4 is 4.90 Å². The van der Waals surface area contributed by atoms with Crippen molar-refractivity contribution < 1.29 is 0 Å². The Bertz CT molecular complexity index is 504. The van der Waals surface area contributed by atoms with E-state index in [0.29, 0.717) is 6.04 Å². The number of rotatable bonds is 1. The maximum absolute atomic E-state index is 8.97. The first-order valence-corrected chi connectivity index (χ1v) is 8.05. The van der Waals surface area contributed by atoms with Gasteiger partial charge in [-0.25, -0.2) is 0 Å². The molecule has 0 amide bonds. The number of hydrogen-bond donors (Lipinski definition) is 0. The topological polar surface area (TPSA) is 27.0 Å². The highest BCUT2D eigenvalue weighted by Gasteiger charge is 2.33. The first-order chi connectivity index (χ1) is 9.29. The molecular weight excluding hydrogens is 300 g/mol. The summed E-state index contributed by atoms with van der Waals surface area (Å²) in [5, 5.41) is 8.97. The van der Waals surface area contributed by atoms with Crippen LogP contribution in [-0.4, -0.2) is 12.6 Å². The standard InChI is InChI=1S/C16H19BrN2/c17-14-10-12(11-18)7-8-16(14)19-9-3-5-13-4-1-2-6-15(13)19/h7-8,10,13,15H,1-6,9H2/t13-,15-/m1/s1. The lowest BCUT2D eigenvalue weighted by atomic mass is 9.78. The molecule has 1 aromatic carbocycles. The van der Waals surface area contributed by atoms with Gasteiger partial charge in [-0.1, -0.05) is 12.8 Å². The van der Waals surface area contributed by atoms with Crippen LogP contribution in [0.3, 0.4) is 0 Å². The third-order valence-corrected chi connectivity index (χ3v) is 5.26. The molecule has 1 heterocycles. The molecule has 2 fully saturated rings. The molecule has 1 saturated carbocycles.